The molecule has 5 nitrogen and oxygen atoms in total. The van der Waals surface area contributed by atoms with Gasteiger partial charge >= 0.3 is 12.0 Å². The van der Waals surface area contributed by atoms with Crippen LogP contribution in [0.1, 0.15) is 15.9 Å². The Morgan fingerprint density at radius 2 is 1.82 bits per heavy atom. The number of benzene rings is 2. The first-order valence-corrected chi connectivity index (χ1v) is 9.92. The second-order valence-electron chi connectivity index (χ2n) is 6.22. The van der Waals surface area contributed by atoms with E-state index in [0.29, 0.717) is 13.1 Å². The maximum Gasteiger partial charge on any atom is 0.337 e. The molecule has 0 saturated carbocycles. The number of esters is 1. The number of rotatable bonds is 4. The molecule has 0 radical (unpaired) electrons. The first-order chi connectivity index (χ1) is 13.5. The van der Waals surface area contributed by atoms with Crippen LogP contribution in [-0.4, -0.2) is 48.6 Å². The number of hydrogen-bond acceptors (Lipinski definition) is 4. The molecule has 28 heavy (non-hydrogen) atoms. The Morgan fingerprint density at radius 1 is 1.11 bits per heavy atom. The minimum Gasteiger partial charge on any atom is -0.465 e. The molecule has 0 atom stereocenters. The van der Waals surface area contributed by atoms with Gasteiger partial charge in [-0.2, -0.15) is 11.8 Å². The van der Waals surface area contributed by atoms with Crippen LogP contribution in [0, 0.1) is 11.6 Å². The standard InChI is InChI=1S/C20H20F2N2O3S/c1-27-19(25)14-6-7-15(17(22)12-14)13-24(18-5-3-2-4-16(18)21)20(26)23-8-10-28-11-9-23/h2-7,12H,8-11,13H2,1H3. The first kappa shape index (κ1) is 20.1. The van der Waals surface area contributed by atoms with Crippen LogP contribution in [-0.2, 0) is 11.3 Å². The molecule has 1 aliphatic heterocycles. The summed E-state index contributed by atoms with van der Waals surface area (Å²) in [6.45, 7) is 0.952. The molecule has 8 heteroatoms. The summed E-state index contributed by atoms with van der Waals surface area (Å²) in [7, 11) is 1.21. The molecular weight excluding hydrogens is 386 g/mol. The lowest BCUT2D eigenvalue weighted by Crippen LogP contribution is -2.47. The molecule has 2 aromatic rings. The monoisotopic (exact) mass is 406 g/mol. The van der Waals surface area contributed by atoms with Crippen LogP contribution in [0.2, 0.25) is 0 Å². The Balaban J connectivity index is 1.92. The Labute approximate surface area is 166 Å². The number of methoxy groups -OCH3 is 1. The third-order valence-corrected chi connectivity index (χ3v) is 5.40. The van der Waals surface area contributed by atoms with Gasteiger partial charge in [0.15, 0.2) is 0 Å². The van der Waals surface area contributed by atoms with Gasteiger partial charge in [-0.25, -0.2) is 18.4 Å². The molecule has 0 bridgehead atoms. The van der Waals surface area contributed by atoms with Crippen molar-refractivity contribution in [3.63, 3.8) is 0 Å². The molecule has 0 aliphatic carbocycles. The fourth-order valence-electron chi connectivity index (χ4n) is 2.94. The highest BCUT2D eigenvalue weighted by Gasteiger charge is 2.27. The SMILES string of the molecule is COC(=O)c1ccc(CN(C(=O)N2CCSCC2)c2ccccc2F)c(F)c1. The molecular formula is C20H20F2N2O3S. The number of hydrogen-bond donors (Lipinski definition) is 0. The van der Waals surface area contributed by atoms with Crippen molar-refractivity contribution in [3.05, 3.63) is 65.2 Å². The highest BCUT2D eigenvalue weighted by molar-refractivity contribution is 7.99. The molecule has 3 rings (SSSR count). The summed E-state index contributed by atoms with van der Waals surface area (Å²) < 4.78 is 33.6. The predicted octanol–water partition coefficient (Wildman–Crippen LogP) is 3.93. The van der Waals surface area contributed by atoms with Crippen LogP contribution < -0.4 is 4.90 Å². The number of thioether (sulfide) groups is 1. The molecule has 1 heterocycles. The maximum absolute atomic E-state index is 14.6. The van der Waals surface area contributed by atoms with Crippen LogP contribution in [0.5, 0.6) is 0 Å². The summed E-state index contributed by atoms with van der Waals surface area (Å²) in [5, 5.41) is 0. The molecule has 0 N–H and O–H groups in total. The van der Waals surface area contributed by atoms with Gasteiger partial charge in [0, 0.05) is 30.2 Å². The lowest BCUT2D eigenvalue weighted by atomic mass is 10.1. The van der Waals surface area contributed by atoms with Gasteiger partial charge in [0.1, 0.15) is 11.6 Å². The van der Waals surface area contributed by atoms with Crippen LogP contribution >= 0.6 is 11.8 Å². The number of ether oxygens (including phenoxy) is 1. The number of anilines is 1. The number of urea groups is 1. The fraction of sp³-hybridized carbons (Fsp3) is 0.300. The van der Waals surface area contributed by atoms with Crippen LogP contribution in [0.3, 0.4) is 0 Å². The summed E-state index contributed by atoms with van der Waals surface area (Å²) in [6.07, 6.45) is 0. The van der Waals surface area contributed by atoms with Crippen molar-refractivity contribution >= 4 is 29.4 Å². The first-order valence-electron chi connectivity index (χ1n) is 8.76. The quantitative estimate of drug-likeness (QED) is 0.722. The minimum absolute atomic E-state index is 0.0700. The summed E-state index contributed by atoms with van der Waals surface area (Å²) in [6, 6.07) is 9.43. The molecule has 2 aromatic carbocycles. The van der Waals surface area contributed by atoms with Gasteiger partial charge in [0.2, 0.25) is 0 Å². The number of nitrogens with zero attached hydrogens (tertiary/aromatic N) is 2. The normalized spacial score (nSPS) is 13.9. The Bertz CT molecular complexity index is 872. The number of amides is 2. The van der Waals surface area contributed by atoms with E-state index in [2.05, 4.69) is 4.74 Å². The second kappa shape index (κ2) is 9.05. The van der Waals surface area contributed by atoms with E-state index in [1.165, 1.54) is 42.3 Å². The average Bonchev–Trinajstić information content (AvgIpc) is 2.73. The molecule has 0 unspecified atom stereocenters. The van der Waals surface area contributed by atoms with Crippen molar-refractivity contribution in [2.45, 2.75) is 6.54 Å². The van der Waals surface area contributed by atoms with E-state index in [9.17, 15) is 18.4 Å². The van der Waals surface area contributed by atoms with E-state index in [1.54, 1.807) is 22.7 Å². The topological polar surface area (TPSA) is 49.9 Å². The van der Waals surface area contributed by atoms with E-state index in [0.717, 1.165) is 17.6 Å². The fourth-order valence-corrected chi connectivity index (χ4v) is 3.85. The molecule has 0 aromatic heterocycles. The van der Waals surface area contributed by atoms with E-state index in [-0.39, 0.29) is 29.4 Å². The van der Waals surface area contributed by atoms with E-state index in [4.69, 9.17) is 0 Å². The zero-order valence-electron chi connectivity index (χ0n) is 15.4. The minimum atomic E-state index is -0.661. The summed E-state index contributed by atoms with van der Waals surface area (Å²) in [5.41, 5.74) is 0.332. The van der Waals surface area contributed by atoms with Crippen LogP contribution in [0.4, 0.5) is 19.3 Å². The smallest absolute Gasteiger partial charge is 0.337 e. The molecule has 0 spiro atoms. The van der Waals surface area contributed by atoms with E-state index >= 15 is 0 Å². The number of carbonyl (C=O) groups excluding carboxylic acids is 2. The van der Waals surface area contributed by atoms with Crippen LogP contribution in [0.15, 0.2) is 42.5 Å². The Kier molecular flexibility index (Phi) is 6.51. The van der Waals surface area contributed by atoms with Crippen LogP contribution in [0.25, 0.3) is 0 Å². The summed E-state index contributed by atoms with van der Waals surface area (Å²) in [4.78, 5) is 27.5. The number of halogens is 2. The van der Waals surface area contributed by atoms with Gasteiger partial charge in [-0.3, -0.25) is 4.90 Å². The van der Waals surface area contributed by atoms with Crippen molar-refractivity contribution < 1.29 is 23.1 Å². The van der Waals surface area contributed by atoms with Gasteiger partial charge in [0.05, 0.1) is 24.9 Å². The average molecular weight is 406 g/mol. The maximum atomic E-state index is 14.6. The molecule has 1 aliphatic rings. The highest BCUT2D eigenvalue weighted by atomic mass is 32.2. The van der Waals surface area contributed by atoms with Gasteiger partial charge in [0.25, 0.3) is 0 Å². The third-order valence-electron chi connectivity index (χ3n) is 4.46. The van der Waals surface area contributed by atoms with Crippen molar-refractivity contribution in [2.24, 2.45) is 0 Å². The number of carbonyl (C=O) groups is 2. The van der Waals surface area contributed by atoms with E-state index in [1.807, 2.05) is 0 Å². The Morgan fingerprint density at radius 3 is 2.46 bits per heavy atom. The van der Waals surface area contributed by atoms with Crippen molar-refractivity contribution in [1.82, 2.24) is 4.90 Å². The number of para-hydroxylation sites is 1. The highest BCUT2D eigenvalue weighted by Crippen LogP contribution is 2.25. The van der Waals surface area contributed by atoms with Crippen molar-refractivity contribution in [2.75, 3.05) is 36.6 Å². The largest absolute Gasteiger partial charge is 0.465 e. The predicted molar refractivity (Wildman–Crippen MR) is 105 cm³/mol. The third kappa shape index (κ3) is 4.44. The Hall–Kier alpha value is -2.61. The van der Waals surface area contributed by atoms with Gasteiger partial charge in [-0.1, -0.05) is 18.2 Å². The lowest BCUT2D eigenvalue weighted by Gasteiger charge is -2.33. The molecule has 1 fully saturated rings. The molecule has 148 valence electrons. The lowest BCUT2D eigenvalue weighted by molar-refractivity contribution is 0.0600. The molecule has 2 amide bonds. The van der Waals surface area contributed by atoms with Gasteiger partial charge in [-0.05, 0) is 24.3 Å². The second-order valence-corrected chi connectivity index (χ2v) is 7.44. The summed E-state index contributed by atoms with van der Waals surface area (Å²) in [5.74, 6) is -0.267. The van der Waals surface area contributed by atoms with E-state index < -0.39 is 17.6 Å². The molecule has 1 saturated heterocycles. The zero-order chi connectivity index (χ0) is 20.1. The van der Waals surface area contributed by atoms with Crippen molar-refractivity contribution in [3.8, 4) is 0 Å². The zero-order valence-corrected chi connectivity index (χ0v) is 16.2. The summed E-state index contributed by atoms with van der Waals surface area (Å²) >= 11 is 1.75. The van der Waals surface area contributed by atoms with Crippen molar-refractivity contribution in [1.29, 1.82) is 0 Å². The van der Waals surface area contributed by atoms with Gasteiger partial charge < -0.3 is 9.64 Å². The van der Waals surface area contributed by atoms with Gasteiger partial charge in [-0.15, -0.1) is 0 Å².